The molecule has 0 bridgehead atoms. The third-order valence-corrected chi connectivity index (χ3v) is 1.90. The van der Waals surface area contributed by atoms with Crippen molar-refractivity contribution in [1.29, 1.82) is 0 Å². The molecule has 0 atom stereocenters. The molecule has 0 amide bonds. The maximum absolute atomic E-state index is 4.94. The number of hydrogen-bond donors (Lipinski definition) is 0. The van der Waals surface area contributed by atoms with E-state index in [9.17, 15) is 0 Å². The van der Waals surface area contributed by atoms with Crippen LogP contribution in [0.5, 0.6) is 0 Å². The van der Waals surface area contributed by atoms with Gasteiger partial charge in [0, 0.05) is 23.7 Å². The summed E-state index contributed by atoms with van der Waals surface area (Å²) < 4.78 is 6.11. The van der Waals surface area contributed by atoms with Crippen LogP contribution in [0.2, 0.25) is 0 Å². The Labute approximate surface area is 69.1 Å². The van der Waals surface area contributed by atoms with E-state index < -0.39 is 0 Å². The average molecular weight is 204 g/mol. The van der Waals surface area contributed by atoms with Crippen LogP contribution in [-0.4, -0.2) is 26.0 Å². The van der Waals surface area contributed by atoms with Crippen molar-refractivity contribution in [3.63, 3.8) is 0 Å². The summed E-state index contributed by atoms with van der Waals surface area (Å²) in [5.41, 5.74) is 1.13. The maximum atomic E-state index is 4.94. The predicted molar refractivity (Wildman–Crippen MR) is 45.8 cm³/mol. The van der Waals surface area contributed by atoms with Gasteiger partial charge in [-0.2, -0.15) is 0 Å². The summed E-state index contributed by atoms with van der Waals surface area (Å²) in [6.07, 6.45) is 3.05. The Hall–Kier alpha value is -0.150. The number of dihydropyridines is 1. The summed E-state index contributed by atoms with van der Waals surface area (Å²) in [6.45, 7) is 1.44. The number of hydrogen-bond acceptors (Lipinski definition) is 2. The van der Waals surface area contributed by atoms with Gasteiger partial charge in [-0.1, -0.05) is 22.0 Å². The minimum atomic E-state index is 0.663. The number of aliphatic imine (C=N–C) groups is 1. The molecular weight excluding hydrogens is 194 g/mol. The summed E-state index contributed by atoms with van der Waals surface area (Å²) in [5, 5.41) is 0. The molecule has 3 heteroatoms. The lowest BCUT2D eigenvalue weighted by Gasteiger charge is -2.07. The summed E-state index contributed by atoms with van der Waals surface area (Å²) in [4.78, 5) is 4.28. The first kappa shape index (κ1) is 7.95. The van der Waals surface area contributed by atoms with Crippen LogP contribution in [0.15, 0.2) is 15.6 Å². The molecule has 1 heterocycles. The third kappa shape index (κ3) is 2.23. The first-order chi connectivity index (χ1) is 4.83. The van der Waals surface area contributed by atoms with E-state index in [4.69, 9.17) is 4.74 Å². The maximum Gasteiger partial charge on any atom is 0.0843 e. The lowest BCUT2D eigenvalue weighted by Crippen LogP contribution is -2.09. The second-order valence-corrected chi connectivity index (χ2v) is 3.19. The van der Waals surface area contributed by atoms with E-state index in [0.29, 0.717) is 6.61 Å². The van der Waals surface area contributed by atoms with Gasteiger partial charge in [0.15, 0.2) is 0 Å². The second kappa shape index (κ2) is 3.88. The van der Waals surface area contributed by atoms with E-state index in [1.165, 1.54) is 4.48 Å². The molecule has 2 nitrogen and oxygen atoms in total. The summed E-state index contributed by atoms with van der Waals surface area (Å²) in [5.74, 6) is 0. The molecule has 1 aliphatic heterocycles. The number of ether oxygens (including phenoxy) is 1. The van der Waals surface area contributed by atoms with Crippen LogP contribution >= 0.6 is 15.9 Å². The molecule has 0 saturated heterocycles. The van der Waals surface area contributed by atoms with Crippen molar-refractivity contribution in [2.75, 3.05) is 20.3 Å². The molecule has 1 rings (SSSR count). The monoisotopic (exact) mass is 203 g/mol. The Kier molecular flexibility index (Phi) is 3.09. The summed E-state index contributed by atoms with van der Waals surface area (Å²) in [7, 11) is 1.69. The first-order valence-electron chi connectivity index (χ1n) is 3.18. The molecular formula is C7H10BrNO. The molecule has 0 aromatic heterocycles. The molecule has 0 unspecified atom stereocenters. The van der Waals surface area contributed by atoms with Gasteiger partial charge < -0.3 is 4.74 Å². The van der Waals surface area contributed by atoms with Crippen molar-refractivity contribution in [3.05, 3.63) is 10.6 Å². The van der Waals surface area contributed by atoms with Crippen molar-refractivity contribution in [1.82, 2.24) is 0 Å². The Morgan fingerprint density at radius 3 is 3.10 bits per heavy atom. The standard InChI is InChI=1S/C7H10BrNO/c1-10-5-7-3-2-6(8)4-9-7/h2H,3-5H2,1H3. The van der Waals surface area contributed by atoms with Gasteiger partial charge in [-0.05, 0) is 0 Å². The summed E-state index contributed by atoms with van der Waals surface area (Å²) in [6, 6.07) is 0. The van der Waals surface area contributed by atoms with Crippen molar-refractivity contribution in [2.45, 2.75) is 6.42 Å². The van der Waals surface area contributed by atoms with Gasteiger partial charge in [0.05, 0.1) is 13.2 Å². The lowest BCUT2D eigenvalue weighted by molar-refractivity contribution is 0.244. The van der Waals surface area contributed by atoms with Gasteiger partial charge in [0.1, 0.15) is 0 Å². The molecule has 1 aliphatic rings. The fraction of sp³-hybridized carbons (Fsp3) is 0.571. The molecule has 0 saturated carbocycles. The van der Waals surface area contributed by atoms with Crippen LogP contribution in [0.1, 0.15) is 6.42 Å². The van der Waals surface area contributed by atoms with E-state index in [1.807, 2.05) is 0 Å². The van der Waals surface area contributed by atoms with Gasteiger partial charge in [-0.15, -0.1) is 0 Å². The number of halogens is 1. The van der Waals surface area contributed by atoms with Crippen LogP contribution in [-0.2, 0) is 4.74 Å². The smallest absolute Gasteiger partial charge is 0.0843 e. The summed E-state index contributed by atoms with van der Waals surface area (Å²) >= 11 is 3.38. The van der Waals surface area contributed by atoms with Crippen molar-refractivity contribution >= 4 is 21.6 Å². The Morgan fingerprint density at radius 1 is 1.80 bits per heavy atom. The molecule has 0 spiro atoms. The highest BCUT2D eigenvalue weighted by molar-refractivity contribution is 9.11. The highest BCUT2D eigenvalue weighted by Crippen LogP contribution is 2.11. The normalized spacial score (nSPS) is 18.2. The molecule has 0 N–H and O–H groups in total. The third-order valence-electron chi connectivity index (χ3n) is 1.32. The average Bonchev–Trinajstić information content (AvgIpc) is 1.95. The minimum absolute atomic E-state index is 0.663. The van der Waals surface area contributed by atoms with Crippen LogP contribution < -0.4 is 0 Å². The number of methoxy groups -OCH3 is 1. The zero-order chi connectivity index (χ0) is 7.40. The molecule has 0 aromatic rings. The molecule has 56 valence electrons. The zero-order valence-electron chi connectivity index (χ0n) is 5.93. The molecule has 0 fully saturated rings. The van der Waals surface area contributed by atoms with Gasteiger partial charge in [-0.25, -0.2) is 0 Å². The van der Waals surface area contributed by atoms with Crippen molar-refractivity contribution in [2.24, 2.45) is 4.99 Å². The van der Waals surface area contributed by atoms with Gasteiger partial charge in [-0.3, -0.25) is 4.99 Å². The van der Waals surface area contributed by atoms with Crippen LogP contribution in [0.3, 0.4) is 0 Å². The second-order valence-electron chi connectivity index (χ2n) is 2.17. The number of rotatable bonds is 2. The van der Waals surface area contributed by atoms with E-state index >= 15 is 0 Å². The van der Waals surface area contributed by atoms with Crippen LogP contribution in [0.25, 0.3) is 0 Å². The van der Waals surface area contributed by atoms with E-state index in [2.05, 4.69) is 27.0 Å². The van der Waals surface area contributed by atoms with Crippen molar-refractivity contribution in [3.8, 4) is 0 Å². The van der Waals surface area contributed by atoms with E-state index in [-0.39, 0.29) is 0 Å². The number of allylic oxidation sites excluding steroid dienone is 1. The Morgan fingerprint density at radius 2 is 2.60 bits per heavy atom. The quantitative estimate of drug-likeness (QED) is 0.671. The molecule has 0 radical (unpaired) electrons. The first-order valence-corrected chi connectivity index (χ1v) is 3.98. The van der Waals surface area contributed by atoms with Gasteiger partial charge in [0.2, 0.25) is 0 Å². The number of nitrogens with zero attached hydrogens (tertiary/aromatic N) is 1. The van der Waals surface area contributed by atoms with Crippen molar-refractivity contribution < 1.29 is 4.74 Å². The molecule has 10 heavy (non-hydrogen) atoms. The van der Waals surface area contributed by atoms with Crippen LogP contribution in [0, 0.1) is 0 Å². The van der Waals surface area contributed by atoms with Crippen LogP contribution in [0.4, 0.5) is 0 Å². The van der Waals surface area contributed by atoms with Gasteiger partial charge in [0.25, 0.3) is 0 Å². The fourth-order valence-corrected chi connectivity index (χ4v) is 1.10. The highest BCUT2D eigenvalue weighted by atomic mass is 79.9. The fourth-order valence-electron chi connectivity index (χ4n) is 0.816. The Bertz CT molecular complexity index is 174. The molecule has 0 aliphatic carbocycles. The lowest BCUT2D eigenvalue weighted by atomic mass is 10.2. The van der Waals surface area contributed by atoms with E-state index in [1.54, 1.807) is 7.11 Å². The minimum Gasteiger partial charge on any atom is -0.379 e. The molecule has 0 aromatic carbocycles. The zero-order valence-corrected chi connectivity index (χ0v) is 7.52. The SMILES string of the molecule is COCC1=NCC(Br)=CC1. The topological polar surface area (TPSA) is 21.6 Å². The predicted octanol–water partition coefficient (Wildman–Crippen LogP) is 1.76. The Balaban J connectivity index is 2.38. The largest absolute Gasteiger partial charge is 0.379 e. The van der Waals surface area contributed by atoms with Gasteiger partial charge >= 0.3 is 0 Å². The highest BCUT2D eigenvalue weighted by Gasteiger charge is 2.02. The van der Waals surface area contributed by atoms with E-state index in [0.717, 1.165) is 18.7 Å².